The maximum atomic E-state index is 12.8. The molecule has 0 bridgehead atoms. The first-order valence-electron chi connectivity index (χ1n) is 8.11. The van der Waals surface area contributed by atoms with Crippen LogP contribution in [0.2, 0.25) is 5.02 Å². The Bertz CT molecular complexity index is 1130. The van der Waals surface area contributed by atoms with E-state index >= 15 is 0 Å². The van der Waals surface area contributed by atoms with Crippen LogP contribution in [0.3, 0.4) is 0 Å². The first-order valence-corrected chi connectivity index (χ1v) is 9.31. The summed E-state index contributed by atoms with van der Waals surface area (Å²) in [7, 11) is 1.55. The molecule has 0 saturated heterocycles. The quantitative estimate of drug-likeness (QED) is 0.511. The number of amides is 1. The molecule has 134 valence electrons. The Hall–Kier alpha value is -2.96. The number of nitrogens with zero attached hydrogens (tertiary/aromatic N) is 2. The Morgan fingerprint density at radius 1 is 1.04 bits per heavy atom. The summed E-state index contributed by atoms with van der Waals surface area (Å²) in [5, 5.41) is 14.7. The molecule has 7 heteroatoms. The van der Waals surface area contributed by atoms with Gasteiger partial charge in [-0.1, -0.05) is 59.3 Å². The molecule has 0 aliphatic rings. The molecule has 0 spiro atoms. The highest BCUT2D eigenvalue weighted by molar-refractivity contribution is 7.18. The van der Waals surface area contributed by atoms with Gasteiger partial charge < -0.3 is 4.74 Å². The zero-order valence-electron chi connectivity index (χ0n) is 14.3. The van der Waals surface area contributed by atoms with Crippen LogP contribution >= 0.6 is 22.9 Å². The molecule has 5 nitrogen and oxygen atoms in total. The second-order valence-corrected chi connectivity index (χ2v) is 7.19. The smallest absolute Gasteiger partial charge is 0.261 e. The molecule has 0 radical (unpaired) electrons. The van der Waals surface area contributed by atoms with E-state index in [1.54, 1.807) is 19.2 Å². The van der Waals surface area contributed by atoms with Crippen molar-refractivity contribution in [3.8, 4) is 16.3 Å². The van der Waals surface area contributed by atoms with Gasteiger partial charge in [0.15, 0.2) is 0 Å². The van der Waals surface area contributed by atoms with Crippen molar-refractivity contribution in [1.29, 1.82) is 0 Å². The van der Waals surface area contributed by atoms with Crippen molar-refractivity contribution in [3.63, 3.8) is 0 Å². The molecule has 4 aromatic rings. The number of halogens is 1. The number of hydrogen-bond donors (Lipinski definition) is 1. The third kappa shape index (κ3) is 3.63. The van der Waals surface area contributed by atoms with Crippen LogP contribution in [0.15, 0.2) is 60.7 Å². The molecule has 4 rings (SSSR count). The number of nitrogens with one attached hydrogen (secondary N) is 1. The Morgan fingerprint density at radius 3 is 2.44 bits per heavy atom. The monoisotopic (exact) mass is 395 g/mol. The lowest BCUT2D eigenvalue weighted by molar-refractivity contribution is 0.102. The second kappa shape index (κ2) is 7.34. The van der Waals surface area contributed by atoms with Crippen molar-refractivity contribution >= 4 is 44.7 Å². The molecule has 0 aliphatic heterocycles. The van der Waals surface area contributed by atoms with Gasteiger partial charge in [-0.3, -0.25) is 10.1 Å². The van der Waals surface area contributed by atoms with Gasteiger partial charge in [0.25, 0.3) is 5.91 Å². The molecule has 1 N–H and O–H groups in total. The molecule has 1 amide bonds. The number of fused-ring (bicyclic) bond motifs is 1. The van der Waals surface area contributed by atoms with E-state index in [0.29, 0.717) is 26.5 Å². The van der Waals surface area contributed by atoms with E-state index in [-0.39, 0.29) is 5.91 Å². The number of anilines is 1. The summed E-state index contributed by atoms with van der Waals surface area (Å²) in [5.41, 5.74) is 1.33. The van der Waals surface area contributed by atoms with Gasteiger partial charge in [0.05, 0.1) is 12.7 Å². The first-order chi connectivity index (χ1) is 13.1. The highest BCUT2D eigenvalue weighted by atomic mass is 35.5. The van der Waals surface area contributed by atoms with Gasteiger partial charge in [-0.15, -0.1) is 10.2 Å². The molecule has 0 unspecified atom stereocenters. The maximum Gasteiger partial charge on any atom is 0.261 e. The maximum absolute atomic E-state index is 12.8. The summed E-state index contributed by atoms with van der Waals surface area (Å²) in [4.78, 5) is 12.8. The van der Waals surface area contributed by atoms with Gasteiger partial charge >= 0.3 is 0 Å². The van der Waals surface area contributed by atoms with Crippen molar-refractivity contribution in [1.82, 2.24) is 10.2 Å². The van der Waals surface area contributed by atoms with E-state index in [0.717, 1.165) is 16.3 Å². The van der Waals surface area contributed by atoms with Gasteiger partial charge in [0.2, 0.25) is 5.13 Å². The highest BCUT2D eigenvalue weighted by Gasteiger charge is 2.16. The number of hydrogen-bond acceptors (Lipinski definition) is 5. The number of aromatic nitrogens is 2. The van der Waals surface area contributed by atoms with Crippen molar-refractivity contribution in [2.24, 2.45) is 0 Å². The summed E-state index contributed by atoms with van der Waals surface area (Å²) in [6.07, 6.45) is 0. The number of methoxy groups -OCH3 is 1. The number of rotatable bonds is 4. The van der Waals surface area contributed by atoms with Crippen molar-refractivity contribution in [3.05, 3.63) is 71.2 Å². The predicted molar refractivity (Wildman–Crippen MR) is 109 cm³/mol. The molecule has 0 atom stereocenters. The normalized spacial score (nSPS) is 10.7. The van der Waals surface area contributed by atoms with E-state index < -0.39 is 0 Å². The van der Waals surface area contributed by atoms with E-state index in [2.05, 4.69) is 15.5 Å². The van der Waals surface area contributed by atoms with E-state index in [1.807, 2.05) is 48.5 Å². The number of benzene rings is 3. The van der Waals surface area contributed by atoms with Crippen LogP contribution in [0.25, 0.3) is 21.3 Å². The van der Waals surface area contributed by atoms with Crippen LogP contribution in [0, 0.1) is 0 Å². The first kappa shape index (κ1) is 17.5. The van der Waals surface area contributed by atoms with Gasteiger partial charge in [0, 0.05) is 10.6 Å². The topological polar surface area (TPSA) is 64.1 Å². The molecule has 0 saturated carbocycles. The largest absolute Gasteiger partial charge is 0.496 e. The summed E-state index contributed by atoms with van der Waals surface area (Å²) in [6, 6.07) is 18.8. The lowest BCUT2D eigenvalue weighted by atomic mass is 10.1. The van der Waals surface area contributed by atoms with E-state index in [4.69, 9.17) is 16.3 Å². The van der Waals surface area contributed by atoms with Crippen LogP contribution in [0.5, 0.6) is 5.75 Å². The fourth-order valence-corrected chi connectivity index (χ4v) is 3.58. The van der Waals surface area contributed by atoms with E-state index in [9.17, 15) is 4.79 Å². The Labute approximate surface area is 164 Å². The molecular formula is C20H14ClN3O2S. The minimum Gasteiger partial charge on any atom is -0.496 e. The summed E-state index contributed by atoms with van der Waals surface area (Å²) in [5.74, 6) is 0.213. The van der Waals surface area contributed by atoms with Crippen LogP contribution in [-0.4, -0.2) is 23.2 Å². The minimum atomic E-state index is -0.295. The van der Waals surface area contributed by atoms with Gasteiger partial charge in [-0.25, -0.2) is 0 Å². The number of carbonyl (C=O) groups excluding carboxylic acids is 1. The summed E-state index contributed by atoms with van der Waals surface area (Å²) >= 11 is 7.20. The number of ether oxygens (including phenoxy) is 1. The standard InChI is InChI=1S/C20H14ClN3O2S/c1-26-17-11-14-5-3-2-4-13(14)10-16(17)18(25)22-20-24-23-19(27-20)12-6-8-15(21)9-7-12/h2-11H,1H3,(H,22,24,25). The number of carbonyl (C=O) groups is 1. The Morgan fingerprint density at radius 2 is 1.74 bits per heavy atom. The fraction of sp³-hybridized carbons (Fsp3) is 0.0500. The molecule has 27 heavy (non-hydrogen) atoms. The zero-order chi connectivity index (χ0) is 18.8. The van der Waals surface area contributed by atoms with Crippen LogP contribution in [0.1, 0.15) is 10.4 Å². The minimum absolute atomic E-state index is 0.295. The zero-order valence-corrected chi connectivity index (χ0v) is 15.8. The lowest BCUT2D eigenvalue weighted by Crippen LogP contribution is -2.13. The Balaban J connectivity index is 1.61. The molecule has 0 fully saturated rings. The van der Waals surface area contributed by atoms with Gasteiger partial charge in [0.1, 0.15) is 10.8 Å². The third-order valence-corrected chi connectivity index (χ3v) is 5.19. The summed E-state index contributed by atoms with van der Waals surface area (Å²) < 4.78 is 5.39. The highest BCUT2D eigenvalue weighted by Crippen LogP contribution is 2.30. The van der Waals surface area contributed by atoms with Crippen molar-refractivity contribution in [2.45, 2.75) is 0 Å². The van der Waals surface area contributed by atoms with Gasteiger partial charge in [-0.05, 0) is 35.0 Å². The van der Waals surface area contributed by atoms with Gasteiger partial charge in [-0.2, -0.15) is 0 Å². The average molecular weight is 396 g/mol. The van der Waals surface area contributed by atoms with Crippen LogP contribution < -0.4 is 10.1 Å². The molecule has 1 heterocycles. The van der Waals surface area contributed by atoms with E-state index in [1.165, 1.54) is 11.3 Å². The summed E-state index contributed by atoms with van der Waals surface area (Å²) in [6.45, 7) is 0. The molecule has 0 aliphatic carbocycles. The van der Waals surface area contributed by atoms with Crippen LogP contribution in [0.4, 0.5) is 5.13 Å². The van der Waals surface area contributed by atoms with Crippen molar-refractivity contribution < 1.29 is 9.53 Å². The molecular weight excluding hydrogens is 382 g/mol. The second-order valence-electron chi connectivity index (χ2n) is 5.77. The average Bonchev–Trinajstić information content (AvgIpc) is 3.15. The lowest BCUT2D eigenvalue weighted by Gasteiger charge is -2.09. The predicted octanol–water partition coefficient (Wildman–Crippen LogP) is 5.27. The van der Waals surface area contributed by atoms with Crippen LogP contribution in [-0.2, 0) is 0 Å². The Kier molecular flexibility index (Phi) is 4.75. The van der Waals surface area contributed by atoms with Crippen molar-refractivity contribution in [2.75, 3.05) is 12.4 Å². The SMILES string of the molecule is COc1cc2ccccc2cc1C(=O)Nc1nnc(-c2ccc(Cl)cc2)s1. The third-order valence-electron chi connectivity index (χ3n) is 4.05. The molecule has 3 aromatic carbocycles. The fourth-order valence-electron chi connectivity index (χ4n) is 2.71. The molecule has 1 aromatic heterocycles.